The van der Waals surface area contributed by atoms with Crippen molar-refractivity contribution in [3.63, 3.8) is 0 Å². The Labute approximate surface area is 88.3 Å². The van der Waals surface area contributed by atoms with Gasteiger partial charge in [-0.05, 0) is 12.5 Å². The van der Waals surface area contributed by atoms with Crippen LogP contribution in [0.4, 0.5) is 11.4 Å². The smallest absolute Gasteiger partial charge is 0.264 e. The van der Waals surface area contributed by atoms with Crippen LogP contribution in [-0.2, 0) is 10.1 Å². The van der Waals surface area contributed by atoms with E-state index < -0.39 is 10.1 Å². The summed E-state index contributed by atoms with van der Waals surface area (Å²) >= 11 is 0. The number of nitrogen functional groups attached to an aromatic ring is 1. The van der Waals surface area contributed by atoms with Crippen molar-refractivity contribution >= 4 is 21.5 Å². The Hall–Kier alpha value is -1.34. The molecule has 0 aliphatic rings. The molecular formula is C8H13N3O3S. The van der Waals surface area contributed by atoms with Crippen LogP contribution in [0.25, 0.3) is 0 Å². The van der Waals surface area contributed by atoms with E-state index in [4.69, 9.17) is 10.3 Å². The molecule has 0 saturated heterocycles. The zero-order valence-corrected chi connectivity index (χ0v) is 8.87. The zero-order valence-electron chi connectivity index (χ0n) is 8.05. The highest BCUT2D eigenvalue weighted by Gasteiger charge is 2.03. The van der Waals surface area contributed by atoms with Crippen LogP contribution in [0.3, 0.4) is 0 Å². The van der Waals surface area contributed by atoms with Gasteiger partial charge < -0.3 is 11.1 Å². The van der Waals surface area contributed by atoms with Crippen LogP contribution in [0, 0.1) is 0 Å². The third-order valence-electron chi connectivity index (χ3n) is 1.75. The lowest BCUT2D eigenvalue weighted by Gasteiger charge is -2.07. The molecule has 4 N–H and O–H groups in total. The van der Waals surface area contributed by atoms with E-state index in [-0.39, 0.29) is 5.75 Å². The molecule has 1 rings (SSSR count). The van der Waals surface area contributed by atoms with Crippen LogP contribution in [0.5, 0.6) is 0 Å². The lowest BCUT2D eigenvalue weighted by molar-refractivity contribution is 0.481. The van der Waals surface area contributed by atoms with Crippen LogP contribution < -0.4 is 11.1 Å². The van der Waals surface area contributed by atoms with Crippen LogP contribution in [0.1, 0.15) is 6.42 Å². The third-order valence-corrected chi connectivity index (χ3v) is 2.55. The number of nitrogens with two attached hydrogens (primary N) is 1. The second-order valence-electron chi connectivity index (χ2n) is 3.03. The fourth-order valence-electron chi connectivity index (χ4n) is 1.05. The summed E-state index contributed by atoms with van der Waals surface area (Å²) in [5.41, 5.74) is 6.81. The summed E-state index contributed by atoms with van der Waals surface area (Å²) in [5.74, 6) is -0.259. The van der Waals surface area contributed by atoms with E-state index in [2.05, 4.69) is 10.3 Å². The molecule has 0 aliphatic heterocycles. The quantitative estimate of drug-likeness (QED) is 0.499. The van der Waals surface area contributed by atoms with Gasteiger partial charge in [-0.15, -0.1) is 0 Å². The van der Waals surface area contributed by atoms with E-state index in [1.165, 1.54) is 6.20 Å². The van der Waals surface area contributed by atoms with Crippen LogP contribution in [0.15, 0.2) is 18.5 Å². The normalized spacial score (nSPS) is 11.3. The average molecular weight is 231 g/mol. The number of nitrogens with one attached hydrogen (secondary N) is 1. The summed E-state index contributed by atoms with van der Waals surface area (Å²) < 4.78 is 29.3. The van der Waals surface area contributed by atoms with Gasteiger partial charge in [-0.25, -0.2) is 0 Å². The standard InChI is InChI=1S/C8H13N3O3S/c9-7-6-10-4-2-8(7)11-3-1-5-15(12,13)14/h2,4,6H,1,3,5,9H2,(H,10,11)(H,12,13,14). The average Bonchev–Trinajstić information content (AvgIpc) is 2.13. The van der Waals surface area contributed by atoms with Gasteiger partial charge >= 0.3 is 0 Å². The molecule has 1 aromatic heterocycles. The van der Waals surface area contributed by atoms with Crippen molar-refractivity contribution in [1.82, 2.24) is 4.98 Å². The molecule has 1 aromatic rings. The maximum Gasteiger partial charge on any atom is 0.264 e. The molecule has 84 valence electrons. The van der Waals surface area contributed by atoms with Crippen molar-refractivity contribution in [2.24, 2.45) is 0 Å². The molecule has 0 radical (unpaired) electrons. The van der Waals surface area contributed by atoms with Gasteiger partial charge in [0.05, 0.1) is 23.3 Å². The molecule has 0 fully saturated rings. The van der Waals surface area contributed by atoms with Gasteiger partial charge in [0, 0.05) is 12.7 Å². The Morgan fingerprint density at radius 1 is 1.53 bits per heavy atom. The molecule has 0 spiro atoms. The monoisotopic (exact) mass is 231 g/mol. The lowest BCUT2D eigenvalue weighted by Crippen LogP contribution is -2.11. The number of anilines is 2. The first kappa shape index (κ1) is 11.7. The third kappa shape index (κ3) is 4.61. The molecule has 15 heavy (non-hydrogen) atoms. The molecule has 1 heterocycles. The van der Waals surface area contributed by atoms with Crippen molar-refractivity contribution in [3.8, 4) is 0 Å². The second kappa shape index (κ2) is 4.94. The Balaban J connectivity index is 2.36. The highest BCUT2D eigenvalue weighted by molar-refractivity contribution is 7.85. The van der Waals surface area contributed by atoms with E-state index in [1.54, 1.807) is 12.3 Å². The maximum absolute atomic E-state index is 10.4. The number of aromatic nitrogens is 1. The van der Waals surface area contributed by atoms with E-state index in [1.807, 2.05) is 0 Å². The molecule has 0 saturated carbocycles. The van der Waals surface area contributed by atoms with E-state index >= 15 is 0 Å². The van der Waals surface area contributed by atoms with Crippen molar-refractivity contribution < 1.29 is 13.0 Å². The first-order valence-corrected chi connectivity index (χ1v) is 5.98. The first-order valence-electron chi connectivity index (χ1n) is 4.37. The summed E-state index contributed by atoms with van der Waals surface area (Å²) in [5, 5.41) is 2.94. The van der Waals surface area contributed by atoms with E-state index in [9.17, 15) is 8.42 Å². The Morgan fingerprint density at radius 3 is 2.87 bits per heavy atom. The molecule has 0 atom stereocenters. The van der Waals surface area contributed by atoms with E-state index in [0.29, 0.717) is 24.3 Å². The molecule has 6 nitrogen and oxygen atoms in total. The molecule has 0 bridgehead atoms. The van der Waals surface area contributed by atoms with Gasteiger partial charge in [0.2, 0.25) is 0 Å². The van der Waals surface area contributed by atoms with Crippen molar-refractivity contribution in [2.75, 3.05) is 23.3 Å². The van der Waals surface area contributed by atoms with Gasteiger partial charge in [-0.2, -0.15) is 8.42 Å². The molecule has 0 aliphatic carbocycles. The predicted octanol–water partition coefficient (Wildman–Crippen LogP) is 0.354. The molecule has 0 amide bonds. The lowest BCUT2D eigenvalue weighted by atomic mass is 10.3. The minimum Gasteiger partial charge on any atom is -0.396 e. The SMILES string of the molecule is Nc1cnccc1NCCCS(=O)(=O)O. The van der Waals surface area contributed by atoms with Gasteiger partial charge in [0.25, 0.3) is 10.1 Å². The Morgan fingerprint density at radius 2 is 2.27 bits per heavy atom. The van der Waals surface area contributed by atoms with E-state index in [0.717, 1.165) is 0 Å². The van der Waals surface area contributed by atoms with Gasteiger partial charge in [-0.3, -0.25) is 9.54 Å². The Bertz CT molecular complexity index is 419. The molecule has 0 unspecified atom stereocenters. The molecule has 7 heteroatoms. The number of hydrogen-bond donors (Lipinski definition) is 3. The second-order valence-corrected chi connectivity index (χ2v) is 4.60. The highest BCUT2D eigenvalue weighted by Crippen LogP contribution is 2.14. The van der Waals surface area contributed by atoms with Crippen molar-refractivity contribution in [1.29, 1.82) is 0 Å². The minimum absolute atomic E-state index is 0.259. The Kier molecular flexibility index (Phi) is 3.87. The van der Waals surface area contributed by atoms with Crippen LogP contribution >= 0.6 is 0 Å². The van der Waals surface area contributed by atoms with Gasteiger partial charge in [0.1, 0.15) is 0 Å². The van der Waals surface area contributed by atoms with Crippen molar-refractivity contribution in [2.45, 2.75) is 6.42 Å². The summed E-state index contributed by atoms with van der Waals surface area (Å²) in [6.45, 7) is 0.425. The molecular weight excluding hydrogens is 218 g/mol. The number of pyridine rings is 1. The highest BCUT2D eigenvalue weighted by atomic mass is 32.2. The fourth-order valence-corrected chi connectivity index (χ4v) is 1.55. The minimum atomic E-state index is -3.87. The first-order chi connectivity index (χ1) is 6.99. The fraction of sp³-hybridized carbons (Fsp3) is 0.375. The summed E-state index contributed by atoms with van der Waals surface area (Å²) in [7, 11) is -3.87. The zero-order chi connectivity index (χ0) is 11.3. The maximum atomic E-state index is 10.4. The van der Waals surface area contributed by atoms with Gasteiger partial charge in [-0.1, -0.05) is 0 Å². The topological polar surface area (TPSA) is 105 Å². The predicted molar refractivity (Wildman–Crippen MR) is 58.2 cm³/mol. The molecule has 0 aromatic carbocycles. The summed E-state index contributed by atoms with van der Waals surface area (Å²) in [6, 6.07) is 1.70. The number of nitrogens with zero attached hydrogens (tertiary/aromatic N) is 1. The summed E-state index contributed by atoms with van der Waals surface area (Å²) in [6.07, 6.45) is 3.41. The van der Waals surface area contributed by atoms with Crippen molar-refractivity contribution in [3.05, 3.63) is 18.5 Å². The van der Waals surface area contributed by atoms with Gasteiger partial charge in [0.15, 0.2) is 0 Å². The number of rotatable bonds is 5. The van der Waals surface area contributed by atoms with Crippen LogP contribution in [-0.4, -0.2) is 30.3 Å². The number of hydrogen-bond acceptors (Lipinski definition) is 5. The summed E-state index contributed by atoms with van der Waals surface area (Å²) in [4.78, 5) is 3.81. The largest absolute Gasteiger partial charge is 0.396 e. The van der Waals surface area contributed by atoms with Crippen LogP contribution in [0.2, 0.25) is 0 Å².